The SMILES string of the molecule is CC(C)CCc1cc(C(=O)NC(CO)C(C)C)n[nH]1. The van der Waals surface area contributed by atoms with Crippen molar-refractivity contribution in [3.05, 3.63) is 17.5 Å². The summed E-state index contributed by atoms with van der Waals surface area (Å²) in [5.74, 6) is 0.577. The number of aromatic amines is 1. The van der Waals surface area contributed by atoms with Crippen LogP contribution in [0.15, 0.2) is 6.07 Å². The van der Waals surface area contributed by atoms with E-state index in [0.29, 0.717) is 11.6 Å². The third-order valence-electron chi connectivity index (χ3n) is 3.17. The summed E-state index contributed by atoms with van der Waals surface area (Å²) in [7, 11) is 0. The van der Waals surface area contributed by atoms with Crippen molar-refractivity contribution in [1.29, 1.82) is 0 Å². The van der Waals surface area contributed by atoms with Crippen molar-refractivity contribution < 1.29 is 9.90 Å². The molecule has 0 aliphatic rings. The molecule has 1 atom stereocenters. The number of aromatic nitrogens is 2. The van der Waals surface area contributed by atoms with Crippen LogP contribution in [0, 0.1) is 11.8 Å². The number of amides is 1. The number of hydrogen-bond donors (Lipinski definition) is 3. The third-order valence-corrected chi connectivity index (χ3v) is 3.17. The van der Waals surface area contributed by atoms with Crippen LogP contribution in [0.25, 0.3) is 0 Å². The molecule has 1 heterocycles. The van der Waals surface area contributed by atoms with Crippen molar-refractivity contribution >= 4 is 5.91 Å². The molecule has 0 aliphatic heterocycles. The Kier molecular flexibility index (Phi) is 6.02. The van der Waals surface area contributed by atoms with Gasteiger partial charge in [-0.1, -0.05) is 27.7 Å². The van der Waals surface area contributed by atoms with Gasteiger partial charge in [0.25, 0.3) is 5.91 Å². The van der Waals surface area contributed by atoms with Gasteiger partial charge in [-0.25, -0.2) is 0 Å². The monoisotopic (exact) mass is 267 g/mol. The maximum Gasteiger partial charge on any atom is 0.272 e. The lowest BCUT2D eigenvalue weighted by atomic mass is 10.1. The number of aryl methyl sites for hydroxylation is 1. The van der Waals surface area contributed by atoms with Crippen LogP contribution in [0.5, 0.6) is 0 Å². The predicted molar refractivity (Wildman–Crippen MR) is 74.9 cm³/mol. The highest BCUT2D eigenvalue weighted by atomic mass is 16.3. The molecule has 1 aromatic heterocycles. The molecule has 0 radical (unpaired) electrons. The van der Waals surface area contributed by atoms with Gasteiger partial charge in [-0.3, -0.25) is 9.89 Å². The number of carbonyl (C=O) groups is 1. The first-order valence-corrected chi connectivity index (χ1v) is 6.90. The van der Waals surface area contributed by atoms with Crippen LogP contribution < -0.4 is 5.32 Å². The van der Waals surface area contributed by atoms with Crippen molar-refractivity contribution in [2.24, 2.45) is 11.8 Å². The fourth-order valence-corrected chi connectivity index (χ4v) is 1.72. The lowest BCUT2D eigenvalue weighted by Crippen LogP contribution is -2.41. The smallest absolute Gasteiger partial charge is 0.272 e. The van der Waals surface area contributed by atoms with E-state index in [1.165, 1.54) is 0 Å². The summed E-state index contributed by atoms with van der Waals surface area (Å²) in [4.78, 5) is 12.0. The molecule has 0 bridgehead atoms. The minimum absolute atomic E-state index is 0.0615. The van der Waals surface area contributed by atoms with E-state index in [0.717, 1.165) is 18.5 Å². The van der Waals surface area contributed by atoms with Gasteiger partial charge in [-0.05, 0) is 30.7 Å². The Labute approximate surface area is 114 Å². The molecule has 1 rings (SSSR count). The summed E-state index contributed by atoms with van der Waals surface area (Å²) in [5.41, 5.74) is 1.36. The van der Waals surface area contributed by atoms with Crippen molar-refractivity contribution in [2.75, 3.05) is 6.61 Å². The number of aliphatic hydroxyl groups excluding tert-OH is 1. The minimum Gasteiger partial charge on any atom is -0.394 e. The molecule has 0 spiro atoms. The van der Waals surface area contributed by atoms with E-state index in [2.05, 4.69) is 29.4 Å². The van der Waals surface area contributed by atoms with Gasteiger partial charge >= 0.3 is 0 Å². The van der Waals surface area contributed by atoms with Crippen LogP contribution in [0.4, 0.5) is 0 Å². The topological polar surface area (TPSA) is 78.0 Å². The molecule has 1 amide bonds. The van der Waals surface area contributed by atoms with Gasteiger partial charge in [0.05, 0.1) is 12.6 Å². The Morgan fingerprint density at radius 2 is 2.11 bits per heavy atom. The predicted octanol–water partition coefficient (Wildman–Crippen LogP) is 1.74. The standard InChI is InChI=1S/C14H25N3O2/c1-9(2)5-6-11-7-12(17-16-11)14(19)15-13(8-18)10(3)4/h7,9-10,13,18H,5-6,8H2,1-4H3,(H,15,19)(H,16,17). The Bertz CT molecular complexity index is 399. The van der Waals surface area contributed by atoms with Crippen LogP contribution in [0.3, 0.4) is 0 Å². The van der Waals surface area contributed by atoms with Gasteiger partial charge in [0.2, 0.25) is 0 Å². The summed E-state index contributed by atoms with van der Waals surface area (Å²) in [6, 6.07) is 1.55. The first kappa shape index (κ1) is 15.7. The van der Waals surface area contributed by atoms with E-state index in [9.17, 15) is 9.90 Å². The normalized spacial score (nSPS) is 13.0. The molecule has 5 nitrogen and oxygen atoms in total. The summed E-state index contributed by atoms with van der Waals surface area (Å²) < 4.78 is 0. The van der Waals surface area contributed by atoms with Gasteiger partial charge < -0.3 is 10.4 Å². The maximum absolute atomic E-state index is 12.0. The number of aliphatic hydroxyl groups is 1. The lowest BCUT2D eigenvalue weighted by molar-refractivity contribution is 0.0891. The highest BCUT2D eigenvalue weighted by Gasteiger charge is 2.18. The van der Waals surface area contributed by atoms with E-state index in [4.69, 9.17) is 0 Å². The fraction of sp³-hybridized carbons (Fsp3) is 0.714. The molecule has 0 saturated carbocycles. The average Bonchev–Trinajstić information content (AvgIpc) is 2.81. The van der Waals surface area contributed by atoms with Crippen molar-refractivity contribution in [3.8, 4) is 0 Å². The van der Waals surface area contributed by atoms with Crippen molar-refractivity contribution in [1.82, 2.24) is 15.5 Å². The molecular formula is C14H25N3O2. The molecule has 0 fully saturated rings. The molecule has 1 aromatic rings. The van der Waals surface area contributed by atoms with Crippen LogP contribution in [0.1, 0.15) is 50.3 Å². The average molecular weight is 267 g/mol. The second-order valence-electron chi connectivity index (χ2n) is 5.72. The highest BCUT2D eigenvalue weighted by molar-refractivity contribution is 5.92. The zero-order valence-electron chi connectivity index (χ0n) is 12.2. The zero-order chi connectivity index (χ0) is 14.4. The van der Waals surface area contributed by atoms with Crippen LogP contribution >= 0.6 is 0 Å². The molecule has 19 heavy (non-hydrogen) atoms. The second kappa shape index (κ2) is 7.28. The highest BCUT2D eigenvalue weighted by Crippen LogP contribution is 2.09. The van der Waals surface area contributed by atoms with Crippen molar-refractivity contribution in [2.45, 2.75) is 46.6 Å². The van der Waals surface area contributed by atoms with E-state index in [1.807, 2.05) is 13.8 Å². The molecule has 0 saturated heterocycles. The molecule has 1 unspecified atom stereocenters. The quantitative estimate of drug-likeness (QED) is 0.704. The second-order valence-corrected chi connectivity index (χ2v) is 5.72. The maximum atomic E-state index is 12.0. The summed E-state index contributed by atoms with van der Waals surface area (Å²) in [5, 5.41) is 18.9. The third kappa shape index (κ3) is 5.03. The van der Waals surface area contributed by atoms with E-state index < -0.39 is 0 Å². The number of rotatable bonds is 7. The molecule has 0 aromatic carbocycles. The molecular weight excluding hydrogens is 242 g/mol. The molecule has 5 heteroatoms. The van der Waals surface area contributed by atoms with Gasteiger partial charge in [0.15, 0.2) is 0 Å². The van der Waals surface area contributed by atoms with Gasteiger partial charge in [-0.2, -0.15) is 5.10 Å². The number of hydrogen-bond acceptors (Lipinski definition) is 3. The zero-order valence-corrected chi connectivity index (χ0v) is 12.2. The van der Waals surface area contributed by atoms with E-state index in [1.54, 1.807) is 6.07 Å². The molecule has 0 aliphatic carbocycles. The summed E-state index contributed by atoms with van der Waals surface area (Å²) in [6.45, 7) is 8.19. The van der Waals surface area contributed by atoms with Crippen molar-refractivity contribution in [3.63, 3.8) is 0 Å². The first-order valence-electron chi connectivity index (χ1n) is 6.90. The first-order chi connectivity index (χ1) is 8.93. The molecule has 3 N–H and O–H groups in total. The fourth-order valence-electron chi connectivity index (χ4n) is 1.72. The Morgan fingerprint density at radius 1 is 1.42 bits per heavy atom. The largest absolute Gasteiger partial charge is 0.394 e. The Morgan fingerprint density at radius 3 is 2.63 bits per heavy atom. The van der Waals surface area contributed by atoms with Gasteiger partial charge in [-0.15, -0.1) is 0 Å². The Hall–Kier alpha value is -1.36. The number of H-pyrrole nitrogens is 1. The number of carbonyl (C=O) groups excluding carboxylic acids is 1. The van der Waals surface area contributed by atoms with E-state index in [-0.39, 0.29) is 24.5 Å². The minimum atomic E-state index is -0.236. The van der Waals surface area contributed by atoms with Gasteiger partial charge in [0.1, 0.15) is 5.69 Å². The lowest BCUT2D eigenvalue weighted by Gasteiger charge is -2.18. The van der Waals surface area contributed by atoms with Crippen LogP contribution in [-0.2, 0) is 6.42 Å². The van der Waals surface area contributed by atoms with Crippen LogP contribution in [0.2, 0.25) is 0 Å². The van der Waals surface area contributed by atoms with E-state index >= 15 is 0 Å². The van der Waals surface area contributed by atoms with Crippen LogP contribution in [-0.4, -0.2) is 33.9 Å². The number of nitrogens with one attached hydrogen (secondary N) is 2. The Balaban J connectivity index is 2.58. The summed E-state index contributed by atoms with van der Waals surface area (Å²) >= 11 is 0. The summed E-state index contributed by atoms with van der Waals surface area (Å²) in [6.07, 6.45) is 1.96. The molecule has 108 valence electrons. The van der Waals surface area contributed by atoms with Gasteiger partial charge in [0, 0.05) is 5.69 Å². The number of nitrogens with zero attached hydrogens (tertiary/aromatic N) is 1.